The van der Waals surface area contributed by atoms with Crippen molar-refractivity contribution in [1.82, 2.24) is 9.80 Å². The van der Waals surface area contributed by atoms with Crippen LogP contribution >= 0.6 is 11.6 Å². The predicted octanol–water partition coefficient (Wildman–Crippen LogP) is 5.44. The van der Waals surface area contributed by atoms with Crippen LogP contribution in [0, 0.1) is 0 Å². The second-order valence-corrected chi connectivity index (χ2v) is 8.29. The summed E-state index contributed by atoms with van der Waals surface area (Å²) < 4.78 is 11.0. The lowest BCUT2D eigenvalue weighted by molar-refractivity contribution is 0.158. The summed E-state index contributed by atoms with van der Waals surface area (Å²) in [6, 6.07) is 22.6. The molecule has 0 spiro atoms. The maximum Gasteiger partial charge on any atom is 0.161 e. The molecule has 31 heavy (non-hydrogen) atoms. The number of rotatable bonds is 4. The highest BCUT2D eigenvalue weighted by atomic mass is 35.5. The molecule has 0 N–H and O–H groups in total. The Morgan fingerprint density at radius 1 is 0.903 bits per heavy atom. The number of methoxy groups -OCH3 is 2. The standard InChI is InChI=1S/C25H24ClN3O2/c1-28-15-23-27-20-11-10-18(26)14-19(20)24(16-7-5-4-6-8-16)29(23)25(28)17-9-12-21(30-2)22(13-17)31-3/h4-14,24-25H,15H2,1-3H3. The van der Waals surface area contributed by atoms with Crippen molar-refractivity contribution in [3.05, 3.63) is 88.4 Å². The Morgan fingerprint density at radius 3 is 2.42 bits per heavy atom. The Bertz CT molecular complexity index is 1150. The zero-order valence-corrected chi connectivity index (χ0v) is 18.5. The lowest BCUT2D eigenvalue weighted by Crippen LogP contribution is -2.37. The Labute approximate surface area is 187 Å². The van der Waals surface area contributed by atoms with Gasteiger partial charge in [-0.3, -0.25) is 4.90 Å². The molecule has 0 saturated carbocycles. The smallest absolute Gasteiger partial charge is 0.161 e. The maximum absolute atomic E-state index is 6.42. The number of hydrogen-bond donors (Lipinski definition) is 0. The molecule has 2 heterocycles. The molecule has 0 aliphatic carbocycles. The molecule has 0 aromatic heterocycles. The summed E-state index contributed by atoms with van der Waals surface area (Å²) in [5.41, 5.74) is 4.42. The summed E-state index contributed by atoms with van der Waals surface area (Å²) in [4.78, 5) is 9.72. The molecule has 1 fully saturated rings. The predicted molar refractivity (Wildman–Crippen MR) is 124 cm³/mol. The van der Waals surface area contributed by atoms with Gasteiger partial charge < -0.3 is 14.4 Å². The van der Waals surface area contributed by atoms with E-state index in [9.17, 15) is 0 Å². The summed E-state index contributed by atoms with van der Waals surface area (Å²) in [7, 11) is 5.45. The van der Waals surface area contributed by atoms with Crippen molar-refractivity contribution in [3.8, 4) is 11.5 Å². The first kappa shape index (κ1) is 19.9. The van der Waals surface area contributed by atoms with Crippen molar-refractivity contribution < 1.29 is 9.47 Å². The number of benzene rings is 3. The Balaban J connectivity index is 1.68. The molecular weight excluding hydrogens is 410 g/mol. The van der Waals surface area contributed by atoms with Gasteiger partial charge in [0.05, 0.1) is 32.5 Å². The number of aliphatic imine (C=N–C) groups is 1. The molecule has 2 aliphatic heterocycles. The summed E-state index contributed by atoms with van der Waals surface area (Å²) in [5.74, 6) is 2.48. The number of ether oxygens (including phenoxy) is 2. The first-order chi connectivity index (χ1) is 15.1. The van der Waals surface area contributed by atoms with E-state index in [1.807, 2.05) is 30.3 Å². The fourth-order valence-corrected chi connectivity index (χ4v) is 4.85. The summed E-state index contributed by atoms with van der Waals surface area (Å²) in [5, 5.41) is 0.716. The lowest BCUT2D eigenvalue weighted by atomic mass is 9.93. The van der Waals surface area contributed by atoms with Crippen molar-refractivity contribution in [2.24, 2.45) is 4.99 Å². The molecule has 6 heteroatoms. The first-order valence-electron chi connectivity index (χ1n) is 10.2. The molecule has 3 aromatic carbocycles. The normalized spacial score (nSPS) is 20.1. The minimum Gasteiger partial charge on any atom is -0.493 e. The summed E-state index contributed by atoms with van der Waals surface area (Å²) >= 11 is 6.42. The molecule has 5 rings (SSSR count). The largest absolute Gasteiger partial charge is 0.493 e. The maximum atomic E-state index is 6.42. The molecule has 0 bridgehead atoms. The van der Waals surface area contributed by atoms with Crippen molar-refractivity contribution in [2.45, 2.75) is 12.2 Å². The monoisotopic (exact) mass is 433 g/mol. The molecule has 158 valence electrons. The second kappa shape index (κ2) is 7.91. The molecular formula is C25H24ClN3O2. The average molecular weight is 434 g/mol. The summed E-state index contributed by atoms with van der Waals surface area (Å²) in [6.07, 6.45) is -0.00380. The van der Waals surface area contributed by atoms with Crippen molar-refractivity contribution >= 4 is 23.1 Å². The summed E-state index contributed by atoms with van der Waals surface area (Å²) in [6.45, 7) is 0.754. The van der Waals surface area contributed by atoms with Crippen LogP contribution in [0.1, 0.15) is 28.9 Å². The van der Waals surface area contributed by atoms with Crippen LogP contribution in [0.25, 0.3) is 0 Å². The molecule has 3 aromatic rings. The van der Waals surface area contributed by atoms with Crippen molar-refractivity contribution in [3.63, 3.8) is 0 Å². The van der Waals surface area contributed by atoms with Crippen LogP contribution in [0.5, 0.6) is 11.5 Å². The second-order valence-electron chi connectivity index (χ2n) is 7.85. The lowest BCUT2D eigenvalue weighted by Gasteiger charge is -2.39. The van der Waals surface area contributed by atoms with Gasteiger partial charge in [0.25, 0.3) is 0 Å². The molecule has 2 aliphatic rings. The quantitative estimate of drug-likeness (QED) is 0.549. The van der Waals surface area contributed by atoms with Crippen LogP contribution in [0.4, 0.5) is 5.69 Å². The molecule has 0 radical (unpaired) electrons. The van der Waals surface area contributed by atoms with Gasteiger partial charge in [-0.1, -0.05) is 48.0 Å². The molecule has 5 nitrogen and oxygen atoms in total. The van der Waals surface area contributed by atoms with E-state index in [4.69, 9.17) is 26.1 Å². The third kappa shape index (κ3) is 3.34. The van der Waals surface area contributed by atoms with Gasteiger partial charge in [-0.05, 0) is 48.5 Å². The highest BCUT2D eigenvalue weighted by Crippen LogP contribution is 2.48. The van der Waals surface area contributed by atoms with Gasteiger partial charge in [0.2, 0.25) is 0 Å². The van der Waals surface area contributed by atoms with Crippen LogP contribution in [0.2, 0.25) is 5.02 Å². The van der Waals surface area contributed by atoms with E-state index >= 15 is 0 Å². The average Bonchev–Trinajstić information content (AvgIpc) is 3.12. The highest BCUT2D eigenvalue weighted by molar-refractivity contribution is 6.30. The van der Waals surface area contributed by atoms with E-state index in [1.165, 1.54) is 5.56 Å². The van der Waals surface area contributed by atoms with Crippen LogP contribution < -0.4 is 9.47 Å². The van der Waals surface area contributed by atoms with E-state index in [-0.39, 0.29) is 12.2 Å². The zero-order valence-electron chi connectivity index (χ0n) is 17.7. The van der Waals surface area contributed by atoms with E-state index in [2.05, 4.69) is 53.2 Å². The first-order valence-corrected chi connectivity index (χ1v) is 10.6. The SMILES string of the molecule is COc1ccc(C2N(C)CC3=Nc4ccc(Cl)cc4C(c4ccccc4)N32)cc1OC. The van der Waals surface area contributed by atoms with Gasteiger partial charge >= 0.3 is 0 Å². The topological polar surface area (TPSA) is 37.3 Å². The van der Waals surface area contributed by atoms with Crippen LogP contribution in [0.15, 0.2) is 71.7 Å². The van der Waals surface area contributed by atoms with Gasteiger partial charge in [0.1, 0.15) is 12.0 Å². The third-order valence-corrected chi connectivity index (χ3v) is 6.24. The molecule has 2 atom stereocenters. The number of fused-ring (bicyclic) bond motifs is 2. The minimum atomic E-state index is -0.00380. The number of likely N-dealkylation sites (N-methyl/N-ethyl adjacent to an activating group) is 1. The number of amidine groups is 1. The van der Waals surface area contributed by atoms with Crippen LogP contribution in [-0.4, -0.2) is 43.4 Å². The molecule has 0 amide bonds. The Morgan fingerprint density at radius 2 is 1.68 bits per heavy atom. The van der Waals surface area contributed by atoms with Crippen molar-refractivity contribution in [1.29, 1.82) is 0 Å². The molecule has 1 saturated heterocycles. The van der Waals surface area contributed by atoms with Crippen LogP contribution in [0.3, 0.4) is 0 Å². The van der Waals surface area contributed by atoms with E-state index in [0.29, 0.717) is 5.02 Å². The van der Waals surface area contributed by atoms with E-state index in [1.54, 1.807) is 14.2 Å². The zero-order chi connectivity index (χ0) is 21.5. The highest BCUT2D eigenvalue weighted by Gasteiger charge is 2.43. The van der Waals surface area contributed by atoms with E-state index < -0.39 is 0 Å². The van der Waals surface area contributed by atoms with Gasteiger partial charge in [-0.25, -0.2) is 4.99 Å². The fourth-order valence-electron chi connectivity index (χ4n) is 4.67. The van der Waals surface area contributed by atoms with Gasteiger partial charge in [0, 0.05) is 10.6 Å². The Kier molecular flexibility index (Phi) is 5.08. The van der Waals surface area contributed by atoms with E-state index in [0.717, 1.165) is 40.7 Å². The number of hydrogen-bond acceptors (Lipinski definition) is 5. The van der Waals surface area contributed by atoms with Crippen LogP contribution in [-0.2, 0) is 0 Å². The Hall–Kier alpha value is -3.02. The third-order valence-electron chi connectivity index (χ3n) is 6.00. The molecule has 2 unspecified atom stereocenters. The minimum absolute atomic E-state index is 0.00380. The number of nitrogens with zero attached hydrogens (tertiary/aromatic N) is 3. The van der Waals surface area contributed by atoms with Gasteiger partial charge in [-0.15, -0.1) is 0 Å². The van der Waals surface area contributed by atoms with Crippen molar-refractivity contribution in [2.75, 3.05) is 27.8 Å². The van der Waals surface area contributed by atoms with Gasteiger partial charge in [-0.2, -0.15) is 0 Å². The fraction of sp³-hybridized carbons (Fsp3) is 0.240. The van der Waals surface area contributed by atoms with Gasteiger partial charge in [0.15, 0.2) is 11.5 Å². The number of halogens is 1.